The Morgan fingerprint density at radius 3 is 2.95 bits per heavy atom. The summed E-state index contributed by atoms with van der Waals surface area (Å²) >= 11 is 0. The minimum atomic E-state index is 0.717. The van der Waals surface area contributed by atoms with Crippen LogP contribution in [-0.2, 0) is 6.42 Å². The van der Waals surface area contributed by atoms with E-state index in [0.717, 1.165) is 26.2 Å². The van der Waals surface area contributed by atoms with Crippen molar-refractivity contribution in [3.63, 3.8) is 0 Å². The Bertz CT molecular complexity index is 446. The minimum Gasteiger partial charge on any atom is -0.315 e. The van der Waals surface area contributed by atoms with Gasteiger partial charge in [-0.2, -0.15) is 0 Å². The van der Waals surface area contributed by atoms with Crippen molar-refractivity contribution in [2.24, 2.45) is 0 Å². The molecule has 1 unspecified atom stereocenters. The topological polar surface area (TPSA) is 15.3 Å². The number of aryl methyl sites for hydroxylation is 1. The van der Waals surface area contributed by atoms with Crippen molar-refractivity contribution in [1.82, 2.24) is 10.2 Å². The van der Waals surface area contributed by atoms with Crippen LogP contribution in [0.2, 0.25) is 0 Å². The van der Waals surface area contributed by atoms with Gasteiger partial charge < -0.3 is 10.2 Å². The predicted molar refractivity (Wildman–Crippen MR) is 87.3 cm³/mol. The molecule has 0 amide bonds. The number of hydrogen-bond acceptors (Lipinski definition) is 2. The molecule has 0 saturated carbocycles. The lowest BCUT2D eigenvalue weighted by atomic mass is 10.0. The van der Waals surface area contributed by atoms with E-state index in [1.165, 1.54) is 18.4 Å². The van der Waals surface area contributed by atoms with Gasteiger partial charge in [-0.15, -0.1) is 0 Å². The summed E-state index contributed by atoms with van der Waals surface area (Å²) in [6, 6.07) is 8.91. The lowest BCUT2D eigenvalue weighted by molar-refractivity contribution is 0.362. The zero-order valence-corrected chi connectivity index (χ0v) is 13.2. The Labute approximate surface area is 123 Å². The SMILES string of the molecule is CC(C)=CCN(C)CCNCC1CCc2ccccc21. The van der Waals surface area contributed by atoms with Crippen molar-refractivity contribution in [2.45, 2.75) is 32.6 Å². The van der Waals surface area contributed by atoms with Gasteiger partial charge in [0.2, 0.25) is 0 Å². The Balaban J connectivity index is 1.66. The molecule has 0 spiro atoms. The number of nitrogens with zero attached hydrogens (tertiary/aromatic N) is 1. The van der Waals surface area contributed by atoms with Crippen LogP contribution in [-0.4, -0.2) is 38.1 Å². The van der Waals surface area contributed by atoms with E-state index in [1.807, 2.05) is 0 Å². The quantitative estimate of drug-likeness (QED) is 0.606. The highest BCUT2D eigenvalue weighted by Crippen LogP contribution is 2.31. The van der Waals surface area contributed by atoms with E-state index in [1.54, 1.807) is 11.1 Å². The largest absolute Gasteiger partial charge is 0.315 e. The summed E-state index contributed by atoms with van der Waals surface area (Å²) < 4.78 is 0. The molecular weight excluding hydrogens is 244 g/mol. The summed E-state index contributed by atoms with van der Waals surface area (Å²) in [5, 5.41) is 3.62. The molecule has 2 nitrogen and oxygen atoms in total. The summed E-state index contributed by atoms with van der Waals surface area (Å²) in [4.78, 5) is 2.36. The lowest BCUT2D eigenvalue weighted by Gasteiger charge is -2.17. The van der Waals surface area contributed by atoms with Crippen LogP contribution in [0.3, 0.4) is 0 Å². The van der Waals surface area contributed by atoms with Gasteiger partial charge in [0.05, 0.1) is 0 Å². The van der Waals surface area contributed by atoms with Crippen molar-refractivity contribution >= 4 is 0 Å². The van der Waals surface area contributed by atoms with Gasteiger partial charge in [0, 0.05) is 26.2 Å². The first kappa shape index (κ1) is 15.3. The van der Waals surface area contributed by atoms with Gasteiger partial charge in [0.25, 0.3) is 0 Å². The highest BCUT2D eigenvalue weighted by Gasteiger charge is 2.20. The number of benzene rings is 1. The number of fused-ring (bicyclic) bond motifs is 1. The third-order valence-electron chi connectivity index (χ3n) is 4.13. The normalized spacial score (nSPS) is 17.3. The van der Waals surface area contributed by atoms with Crippen LogP contribution in [0, 0.1) is 0 Å². The van der Waals surface area contributed by atoms with Crippen LogP contribution in [0.4, 0.5) is 0 Å². The molecule has 1 N–H and O–H groups in total. The Kier molecular flexibility index (Phi) is 5.81. The number of allylic oxidation sites excluding steroid dienone is 1. The van der Waals surface area contributed by atoms with Gasteiger partial charge in [-0.3, -0.25) is 0 Å². The van der Waals surface area contributed by atoms with Gasteiger partial charge in [-0.05, 0) is 50.8 Å². The molecule has 0 saturated heterocycles. The minimum absolute atomic E-state index is 0.717. The van der Waals surface area contributed by atoms with E-state index in [9.17, 15) is 0 Å². The van der Waals surface area contributed by atoms with Crippen molar-refractivity contribution in [1.29, 1.82) is 0 Å². The average molecular weight is 272 g/mol. The maximum Gasteiger partial charge on any atom is 0.0163 e. The van der Waals surface area contributed by atoms with Crippen LogP contribution >= 0.6 is 0 Å². The molecule has 1 aromatic carbocycles. The number of rotatable bonds is 7. The fraction of sp³-hybridized carbons (Fsp3) is 0.556. The number of likely N-dealkylation sites (N-methyl/N-ethyl adjacent to an activating group) is 1. The molecule has 1 aliphatic carbocycles. The Morgan fingerprint density at radius 2 is 2.15 bits per heavy atom. The van der Waals surface area contributed by atoms with Crippen LogP contribution in [0.15, 0.2) is 35.9 Å². The van der Waals surface area contributed by atoms with Crippen molar-refractivity contribution in [2.75, 3.05) is 33.2 Å². The van der Waals surface area contributed by atoms with Crippen molar-refractivity contribution < 1.29 is 0 Å². The maximum absolute atomic E-state index is 3.62. The predicted octanol–water partition coefficient (Wildman–Crippen LogP) is 3.20. The summed E-state index contributed by atoms with van der Waals surface area (Å²) in [7, 11) is 2.19. The standard InChI is InChI=1S/C18H28N2/c1-15(2)10-12-20(3)13-11-19-14-17-9-8-16-6-4-5-7-18(16)17/h4-7,10,17,19H,8-9,11-14H2,1-3H3. The molecule has 20 heavy (non-hydrogen) atoms. The molecule has 0 aromatic heterocycles. The van der Waals surface area contributed by atoms with Crippen LogP contribution in [0.5, 0.6) is 0 Å². The van der Waals surface area contributed by atoms with Gasteiger partial charge in [0.15, 0.2) is 0 Å². The Hall–Kier alpha value is -1.12. The van der Waals surface area contributed by atoms with Gasteiger partial charge in [-0.1, -0.05) is 35.9 Å². The van der Waals surface area contributed by atoms with Gasteiger partial charge in [-0.25, -0.2) is 0 Å². The second kappa shape index (κ2) is 7.61. The summed E-state index contributed by atoms with van der Waals surface area (Å²) in [6.07, 6.45) is 4.84. The van der Waals surface area contributed by atoms with Gasteiger partial charge in [0.1, 0.15) is 0 Å². The first-order chi connectivity index (χ1) is 9.66. The third-order valence-corrected chi connectivity index (χ3v) is 4.13. The number of nitrogens with one attached hydrogen (secondary N) is 1. The number of hydrogen-bond donors (Lipinski definition) is 1. The maximum atomic E-state index is 3.62. The second-order valence-corrected chi connectivity index (χ2v) is 6.18. The lowest BCUT2D eigenvalue weighted by Crippen LogP contribution is -2.31. The molecular formula is C18H28N2. The summed E-state index contributed by atoms with van der Waals surface area (Å²) in [5.74, 6) is 0.717. The second-order valence-electron chi connectivity index (χ2n) is 6.18. The fourth-order valence-electron chi connectivity index (χ4n) is 2.83. The van der Waals surface area contributed by atoms with Crippen LogP contribution in [0.25, 0.3) is 0 Å². The Morgan fingerprint density at radius 1 is 1.35 bits per heavy atom. The van der Waals surface area contributed by atoms with E-state index >= 15 is 0 Å². The zero-order chi connectivity index (χ0) is 14.4. The highest BCUT2D eigenvalue weighted by molar-refractivity contribution is 5.34. The average Bonchev–Trinajstić information content (AvgIpc) is 2.85. The monoisotopic (exact) mass is 272 g/mol. The first-order valence-corrected chi connectivity index (χ1v) is 7.77. The van der Waals surface area contributed by atoms with Crippen molar-refractivity contribution in [3.05, 3.63) is 47.0 Å². The van der Waals surface area contributed by atoms with Crippen LogP contribution in [0.1, 0.15) is 37.3 Å². The van der Waals surface area contributed by atoms with Crippen molar-refractivity contribution in [3.8, 4) is 0 Å². The molecule has 0 heterocycles. The van der Waals surface area contributed by atoms with E-state index in [4.69, 9.17) is 0 Å². The van der Waals surface area contributed by atoms with E-state index in [2.05, 4.69) is 61.5 Å². The summed E-state index contributed by atoms with van der Waals surface area (Å²) in [5.41, 5.74) is 4.52. The molecule has 0 fully saturated rings. The van der Waals surface area contributed by atoms with E-state index in [-0.39, 0.29) is 0 Å². The van der Waals surface area contributed by atoms with Gasteiger partial charge >= 0.3 is 0 Å². The van der Waals surface area contributed by atoms with E-state index in [0.29, 0.717) is 5.92 Å². The van der Waals surface area contributed by atoms with Crippen LogP contribution < -0.4 is 5.32 Å². The zero-order valence-electron chi connectivity index (χ0n) is 13.2. The molecule has 0 radical (unpaired) electrons. The van der Waals surface area contributed by atoms with E-state index < -0.39 is 0 Å². The fourth-order valence-corrected chi connectivity index (χ4v) is 2.83. The summed E-state index contributed by atoms with van der Waals surface area (Å²) in [6.45, 7) is 8.67. The highest BCUT2D eigenvalue weighted by atomic mass is 15.1. The third kappa shape index (κ3) is 4.46. The molecule has 0 aliphatic heterocycles. The molecule has 1 aliphatic rings. The molecule has 2 heteroatoms. The molecule has 2 rings (SSSR count). The first-order valence-electron chi connectivity index (χ1n) is 7.77. The smallest absolute Gasteiger partial charge is 0.0163 e. The molecule has 1 aromatic rings. The molecule has 110 valence electrons. The molecule has 0 bridgehead atoms. The molecule has 1 atom stereocenters.